The molecule has 1 atom stereocenters. The lowest BCUT2D eigenvalue weighted by Crippen LogP contribution is -2.46. The SMILES string of the molecule is NC(=NO)C(NC(=O)c1ccc(Br)c(F)c1)C1CC1. The first-order valence-electron chi connectivity index (χ1n) is 5.76. The maximum absolute atomic E-state index is 13.4. The van der Waals surface area contributed by atoms with Crippen molar-refractivity contribution in [3.05, 3.63) is 34.1 Å². The van der Waals surface area contributed by atoms with Crippen molar-refractivity contribution in [2.75, 3.05) is 0 Å². The lowest BCUT2D eigenvalue weighted by atomic mass is 10.1. The van der Waals surface area contributed by atoms with E-state index in [0.29, 0.717) is 4.47 Å². The van der Waals surface area contributed by atoms with Crippen molar-refractivity contribution < 1.29 is 14.4 Å². The highest BCUT2D eigenvalue weighted by molar-refractivity contribution is 9.10. The summed E-state index contributed by atoms with van der Waals surface area (Å²) in [5, 5.41) is 14.3. The molecule has 0 aromatic heterocycles. The normalized spacial score (nSPS) is 17.1. The minimum atomic E-state index is -0.514. The van der Waals surface area contributed by atoms with Crippen LogP contribution in [0, 0.1) is 11.7 Å². The van der Waals surface area contributed by atoms with Gasteiger partial charge in [0.25, 0.3) is 5.91 Å². The molecular weight excluding hydrogens is 317 g/mol. The van der Waals surface area contributed by atoms with Gasteiger partial charge in [-0.15, -0.1) is 0 Å². The molecule has 0 bridgehead atoms. The predicted molar refractivity (Wildman–Crippen MR) is 71.5 cm³/mol. The summed E-state index contributed by atoms with van der Waals surface area (Å²) in [6.07, 6.45) is 1.83. The van der Waals surface area contributed by atoms with Gasteiger partial charge in [0.15, 0.2) is 5.84 Å². The van der Waals surface area contributed by atoms with Crippen LogP contribution in [0.3, 0.4) is 0 Å². The van der Waals surface area contributed by atoms with Crippen molar-refractivity contribution >= 4 is 27.7 Å². The monoisotopic (exact) mass is 329 g/mol. The van der Waals surface area contributed by atoms with Crippen LogP contribution in [0.5, 0.6) is 0 Å². The lowest BCUT2D eigenvalue weighted by Gasteiger charge is -2.16. The molecule has 4 N–H and O–H groups in total. The zero-order valence-electron chi connectivity index (χ0n) is 9.94. The number of amidine groups is 1. The summed E-state index contributed by atoms with van der Waals surface area (Å²) in [5.74, 6) is -0.817. The Kier molecular flexibility index (Phi) is 4.04. The highest BCUT2D eigenvalue weighted by atomic mass is 79.9. The minimum absolute atomic E-state index is 0.0339. The Morgan fingerprint density at radius 3 is 2.79 bits per heavy atom. The summed E-state index contributed by atoms with van der Waals surface area (Å²) in [7, 11) is 0. The Morgan fingerprint density at radius 2 is 2.26 bits per heavy atom. The van der Waals surface area contributed by atoms with Crippen LogP contribution < -0.4 is 11.1 Å². The average molecular weight is 330 g/mol. The van der Waals surface area contributed by atoms with E-state index in [4.69, 9.17) is 10.9 Å². The standard InChI is InChI=1S/C12H13BrFN3O2/c13-8-4-3-7(5-9(8)14)12(18)16-10(6-1-2-6)11(15)17-19/h3-6,10,19H,1-2H2,(H2,15,17)(H,16,18). The van der Waals surface area contributed by atoms with Crippen molar-refractivity contribution in [1.82, 2.24) is 5.32 Å². The molecule has 1 amide bonds. The van der Waals surface area contributed by atoms with Gasteiger partial charge in [-0.3, -0.25) is 4.79 Å². The number of carbonyl (C=O) groups is 1. The number of nitrogens with zero attached hydrogens (tertiary/aromatic N) is 1. The van der Waals surface area contributed by atoms with E-state index < -0.39 is 17.8 Å². The summed E-state index contributed by atoms with van der Waals surface area (Å²) in [5.41, 5.74) is 5.73. The van der Waals surface area contributed by atoms with Crippen molar-refractivity contribution in [2.24, 2.45) is 16.8 Å². The van der Waals surface area contributed by atoms with E-state index >= 15 is 0 Å². The Bertz CT molecular complexity index is 532. The quantitative estimate of drug-likeness (QED) is 0.341. The Morgan fingerprint density at radius 1 is 1.58 bits per heavy atom. The van der Waals surface area contributed by atoms with Crippen molar-refractivity contribution in [2.45, 2.75) is 18.9 Å². The maximum atomic E-state index is 13.4. The largest absolute Gasteiger partial charge is 0.409 e. The van der Waals surface area contributed by atoms with Crippen LogP contribution in [0.1, 0.15) is 23.2 Å². The number of carbonyl (C=O) groups excluding carboxylic acids is 1. The first-order valence-corrected chi connectivity index (χ1v) is 6.55. The number of amides is 1. The van der Waals surface area contributed by atoms with E-state index in [-0.39, 0.29) is 17.3 Å². The van der Waals surface area contributed by atoms with Crippen LogP contribution in [-0.2, 0) is 0 Å². The fourth-order valence-corrected chi connectivity index (χ4v) is 2.03. The summed E-state index contributed by atoms with van der Waals surface area (Å²) in [4.78, 5) is 12.0. The van der Waals surface area contributed by atoms with Gasteiger partial charge in [-0.25, -0.2) is 4.39 Å². The highest BCUT2D eigenvalue weighted by Crippen LogP contribution is 2.32. The molecule has 0 saturated heterocycles. The Hall–Kier alpha value is -1.63. The van der Waals surface area contributed by atoms with E-state index in [1.165, 1.54) is 12.1 Å². The van der Waals surface area contributed by atoms with Gasteiger partial charge in [-0.1, -0.05) is 5.16 Å². The molecule has 2 rings (SSSR count). The second-order valence-corrected chi connectivity index (χ2v) is 5.30. The maximum Gasteiger partial charge on any atom is 0.251 e. The molecule has 1 aliphatic rings. The number of rotatable bonds is 4. The van der Waals surface area contributed by atoms with Crippen LogP contribution >= 0.6 is 15.9 Å². The number of nitrogens with two attached hydrogens (primary N) is 1. The summed E-state index contributed by atoms with van der Waals surface area (Å²) in [6, 6.07) is 3.58. The number of hydrogen-bond acceptors (Lipinski definition) is 3. The molecule has 1 fully saturated rings. The van der Waals surface area contributed by atoms with Gasteiger partial charge in [-0.05, 0) is 52.9 Å². The molecule has 7 heteroatoms. The molecule has 0 spiro atoms. The molecule has 1 unspecified atom stereocenters. The molecule has 1 saturated carbocycles. The molecule has 5 nitrogen and oxygen atoms in total. The zero-order chi connectivity index (χ0) is 14.0. The Labute approximate surface area is 117 Å². The van der Waals surface area contributed by atoms with E-state index in [1.54, 1.807) is 0 Å². The van der Waals surface area contributed by atoms with Gasteiger partial charge in [-0.2, -0.15) is 0 Å². The molecule has 102 valence electrons. The van der Waals surface area contributed by atoms with Gasteiger partial charge < -0.3 is 16.3 Å². The van der Waals surface area contributed by atoms with Crippen molar-refractivity contribution in [1.29, 1.82) is 0 Å². The number of nitrogens with one attached hydrogen (secondary N) is 1. The lowest BCUT2D eigenvalue weighted by molar-refractivity contribution is 0.0942. The van der Waals surface area contributed by atoms with Crippen LogP contribution in [0.2, 0.25) is 0 Å². The van der Waals surface area contributed by atoms with E-state index in [0.717, 1.165) is 18.9 Å². The fraction of sp³-hybridized carbons (Fsp3) is 0.333. The fourth-order valence-electron chi connectivity index (χ4n) is 1.79. The van der Waals surface area contributed by atoms with Crippen LogP contribution in [0.15, 0.2) is 27.8 Å². The molecule has 19 heavy (non-hydrogen) atoms. The van der Waals surface area contributed by atoms with E-state index in [9.17, 15) is 9.18 Å². The first-order chi connectivity index (χ1) is 9.02. The smallest absolute Gasteiger partial charge is 0.251 e. The second-order valence-electron chi connectivity index (χ2n) is 4.44. The molecule has 1 aliphatic carbocycles. The van der Waals surface area contributed by atoms with E-state index in [2.05, 4.69) is 26.4 Å². The van der Waals surface area contributed by atoms with Gasteiger partial charge in [0.2, 0.25) is 0 Å². The molecule has 1 aromatic carbocycles. The third kappa shape index (κ3) is 3.23. The third-order valence-corrected chi connectivity index (χ3v) is 3.64. The first kappa shape index (κ1) is 13.8. The minimum Gasteiger partial charge on any atom is -0.409 e. The van der Waals surface area contributed by atoms with Crippen LogP contribution in [0.25, 0.3) is 0 Å². The molecule has 1 aromatic rings. The summed E-state index contributed by atoms with van der Waals surface area (Å²) in [6.45, 7) is 0. The van der Waals surface area contributed by atoms with Gasteiger partial charge in [0.05, 0.1) is 10.5 Å². The average Bonchev–Trinajstić information content (AvgIpc) is 3.22. The predicted octanol–water partition coefficient (Wildman–Crippen LogP) is 1.84. The topological polar surface area (TPSA) is 87.7 Å². The van der Waals surface area contributed by atoms with Gasteiger partial charge in [0.1, 0.15) is 5.82 Å². The van der Waals surface area contributed by atoms with Gasteiger partial charge in [0, 0.05) is 5.56 Å². The Balaban J connectivity index is 2.12. The number of halogens is 2. The summed E-state index contributed by atoms with van der Waals surface area (Å²) < 4.78 is 13.6. The number of oxime groups is 1. The third-order valence-electron chi connectivity index (χ3n) is 3.00. The zero-order valence-corrected chi connectivity index (χ0v) is 11.5. The number of hydrogen-bond donors (Lipinski definition) is 3. The van der Waals surface area contributed by atoms with Crippen molar-refractivity contribution in [3.8, 4) is 0 Å². The molecule has 0 radical (unpaired) electrons. The molecular formula is C12H13BrFN3O2. The van der Waals surface area contributed by atoms with Crippen molar-refractivity contribution in [3.63, 3.8) is 0 Å². The van der Waals surface area contributed by atoms with Crippen LogP contribution in [0.4, 0.5) is 4.39 Å². The summed E-state index contributed by atoms with van der Waals surface area (Å²) >= 11 is 3.02. The van der Waals surface area contributed by atoms with Gasteiger partial charge >= 0.3 is 0 Å². The van der Waals surface area contributed by atoms with Crippen LogP contribution in [-0.4, -0.2) is 23.0 Å². The second kappa shape index (κ2) is 5.56. The molecule has 0 heterocycles. The van der Waals surface area contributed by atoms with E-state index in [1.807, 2.05) is 0 Å². The highest BCUT2D eigenvalue weighted by Gasteiger charge is 2.35. The molecule has 0 aliphatic heterocycles. The number of benzene rings is 1.